The van der Waals surface area contributed by atoms with Crippen LogP contribution in [-0.4, -0.2) is 11.3 Å². The third kappa shape index (κ3) is 1.77. The highest BCUT2D eigenvalue weighted by molar-refractivity contribution is 7.00. The summed E-state index contributed by atoms with van der Waals surface area (Å²) in [5, 5.41) is 2.75. The summed E-state index contributed by atoms with van der Waals surface area (Å²) < 4.78 is 2.58. The van der Waals surface area contributed by atoms with Crippen molar-refractivity contribution in [3.63, 3.8) is 0 Å². The molecule has 0 spiro atoms. The fraction of sp³-hybridized carbons (Fsp3) is 0.226. The predicted molar refractivity (Wildman–Crippen MR) is 141 cm³/mol. The second-order valence-electron chi connectivity index (χ2n) is 11.4. The Morgan fingerprint density at radius 1 is 0.636 bits per heavy atom. The zero-order valence-corrected chi connectivity index (χ0v) is 19.9. The van der Waals surface area contributed by atoms with E-state index >= 15 is 0 Å². The number of hydrogen-bond acceptors (Lipinski definition) is 0. The molecule has 0 amide bonds. The lowest BCUT2D eigenvalue weighted by molar-refractivity contribution is 0.618. The van der Waals surface area contributed by atoms with Crippen molar-refractivity contribution in [1.82, 2.24) is 4.57 Å². The van der Waals surface area contributed by atoms with Gasteiger partial charge in [-0.1, -0.05) is 87.8 Å². The lowest BCUT2D eigenvalue weighted by Gasteiger charge is -2.49. The number of aryl methyl sites for hydroxylation is 1. The summed E-state index contributed by atoms with van der Waals surface area (Å²) in [5.74, 6) is 0. The van der Waals surface area contributed by atoms with Crippen LogP contribution in [0.5, 0.6) is 0 Å². The van der Waals surface area contributed by atoms with Gasteiger partial charge in [-0.25, -0.2) is 0 Å². The lowest BCUT2D eigenvalue weighted by atomic mass is 9.26. The number of fused-ring (bicyclic) bond motifs is 4. The van der Waals surface area contributed by atoms with Gasteiger partial charge in [0.1, 0.15) is 0 Å². The smallest absolute Gasteiger partial charge is 0.248 e. The largest absolute Gasteiger partial charge is 0.310 e. The molecule has 5 aromatic rings. The molecule has 0 unspecified atom stereocenters. The fourth-order valence-electron chi connectivity index (χ4n) is 7.88. The summed E-state index contributed by atoms with van der Waals surface area (Å²) >= 11 is 0. The summed E-state index contributed by atoms with van der Waals surface area (Å²) in [4.78, 5) is 0. The van der Waals surface area contributed by atoms with Crippen LogP contribution in [0.1, 0.15) is 55.5 Å². The molecule has 4 aromatic carbocycles. The van der Waals surface area contributed by atoms with E-state index < -0.39 is 0 Å². The van der Waals surface area contributed by atoms with Crippen LogP contribution in [0.3, 0.4) is 0 Å². The molecule has 2 heteroatoms. The van der Waals surface area contributed by atoms with Gasteiger partial charge in [0, 0.05) is 32.8 Å². The second kappa shape index (κ2) is 5.28. The van der Waals surface area contributed by atoms with Crippen LogP contribution in [-0.2, 0) is 10.8 Å². The SMILES string of the molecule is Cc1ccc2c3c1C(C)(C)c1ccc4c5ccccc5n5c4c1B3c1c-5cccc1C2(C)C. The molecule has 3 aliphatic heterocycles. The number of nitrogens with zero attached hydrogens (tertiary/aromatic N) is 1. The van der Waals surface area contributed by atoms with Crippen molar-refractivity contribution in [1.29, 1.82) is 0 Å². The van der Waals surface area contributed by atoms with Gasteiger partial charge in [-0.2, -0.15) is 0 Å². The Kier molecular flexibility index (Phi) is 2.91. The van der Waals surface area contributed by atoms with E-state index in [1.807, 2.05) is 0 Å². The standard InChI is InChI=1S/C31H26BN/c1-17-13-15-21-27-25(17)31(4,5)22-16-14-19-18-9-6-7-11-23(18)33-24-12-8-10-20(30(21,2)3)26(24)32(27)28(22)29(19)33/h6-16H,1-5H3. The van der Waals surface area contributed by atoms with Crippen molar-refractivity contribution < 1.29 is 0 Å². The van der Waals surface area contributed by atoms with Crippen LogP contribution in [0.25, 0.3) is 27.5 Å². The van der Waals surface area contributed by atoms with Gasteiger partial charge in [-0.05, 0) is 57.8 Å². The number of aromatic nitrogens is 1. The van der Waals surface area contributed by atoms with E-state index in [1.54, 1.807) is 16.5 Å². The first-order chi connectivity index (χ1) is 15.8. The van der Waals surface area contributed by atoms with Gasteiger partial charge in [0.15, 0.2) is 0 Å². The first-order valence-corrected chi connectivity index (χ1v) is 12.2. The van der Waals surface area contributed by atoms with Gasteiger partial charge in [0.25, 0.3) is 0 Å². The molecule has 0 radical (unpaired) electrons. The average Bonchev–Trinajstić information content (AvgIpc) is 3.13. The van der Waals surface area contributed by atoms with Crippen molar-refractivity contribution in [3.8, 4) is 5.69 Å². The zero-order chi connectivity index (χ0) is 22.4. The monoisotopic (exact) mass is 423 g/mol. The van der Waals surface area contributed by atoms with E-state index in [0.717, 1.165) is 0 Å². The van der Waals surface area contributed by atoms with Gasteiger partial charge in [-0.3, -0.25) is 0 Å². The third-order valence-corrected chi connectivity index (χ3v) is 9.16. The molecule has 33 heavy (non-hydrogen) atoms. The van der Waals surface area contributed by atoms with Crippen LogP contribution < -0.4 is 16.4 Å². The molecule has 0 aliphatic carbocycles. The highest BCUT2D eigenvalue weighted by Gasteiger charge is 2.52. The Morgan fingerprint density at radius 2 is 1.36 bits per heavy atom. The Labute approximate surface area is 195 Å². The summed E-state index contributed by atoms with van der Waals surface area (Å²) in [5.41, 5.74) is 16.2. The van der Waals surface area contributed by atoms with Crippen molar-refractivity contribution >= 4 is 44.9 Å². The van der Waals surface area contributed by atoms with Crippen molar-refractivity contribution in [2.75, 3.05) is 0 Å². The predicted octanol–water partition coefficient (Wildman–Crippen LogP) is 5.20. The topological polar surface area (TPSA) is 4.93 Å². The Morgan fingerprint density at radius 3 is 2.21 bits per heavy atom. The molecule has 0 saturated heterocycles. The maximum Gasteiger partial charge on any atom is 0.248 e. The number of para-hydroxylation sites is 1. The van der Waals surface area contributed by atoms with Gasteiger partial charge in [-0.15, -0.1) is 0 Å². The van der Waals surface area contributed by atoms with E-state index in [0.29, 0.717) is 6.71 Å². The zero-order valence-electron chi connectivity index (χ0n) is 19.9. The first-order valence-electron chi connectivity index (χ1n) is 12.2. The van der Waals surface area contributed by atoms with Crippen molar-refractivity contribution in [2.45, 2.75) is 45.4 Å². The number of benzene rings is 4. The molecule has 0 bridgehead atoms. The molecule has 158 valence electrons. The summed E-state index contributed by atoms with van der Waals surface area (Å²) in [6.07, 6.45) is 0. The van der Waals surface area contributed by atoms with E-state index in [1.165, 1.54) is 55.2 Å². The molecule has 0 fully saturated rings. The fourth-order valence-corrected chi connectivity index (χ4v) is 7.88. The molecular formula is C31H26BN. The highest BCUT2D eigenvalue weighted by atomic mass is 15.0. The summed E-state index contributed by atoms with van der Waals surface area (Å²) in [6, 6.07) is 25.6. The van der Waals surface area contributed by atoms with Crippen LogP contribution in [0.2, 0.25) is 0 Å². The minimum atomic E-state index is -0.0311. The van der Waals surface area contributed by atoms with Gasteiger partial charge >= 0.3 is 0 Å². The van der Waals surface area contributed by atoms with Crippen LogP contribution in [0.4, 0.5) is 0 Å². The maximum absolute atomic E-state index is 2.58. The maximum atomic E-state index is 2.58. The molecular weight excluding hydrogens is 397 g/mol. The van der Waals surface area contributed by atoms with Crippen LogP contribution >= 0.6 is 0 Å². The molecule has 1 aromatic heterocycles. The summed E-state index contributed by atoms with van der Waals surface area (Å²) in [6.45, 7) is 12.4. The van der Waals surface area contributed by atoms with Gasteiger partial charge < -0.3 is 4.57 Å². The van der Waals surface area contributed by atoms with E-state index in [4.69, 9.17) is 0 Å². The Bertz CT molecular complexity index is 1730. The molecule has 0 saturated carbocycles. The molecule has 1 nitrogen and oxygen atoms in total. The van der Waals surface area contributed by atoms with E-state index in [-0.39, 0.29) is 10.8 Å². The molecule has 3 aliphatic rings. The minimum absolute atomic E-state index is 0.0262. The quantitative estimate of drug-likeness (QED) is 0.296. The molecule has 0 N–H and O–H groups in total. The molecule has 0 atom stereocenters. The van der Waals surface area contributed by atoms with E-state index in [2.05, 4.69) is 106 Å². The normalized spacial score (nSPS) is 17.7. The highest BCUT2D eigenvalue weighted by Crippen LogP contribution is 2.46. The van der Waals surface area contributed by atoms with Crippen molar-refractivity contribution in [3.05, 3.63) is 94.5 Å². The van der Waals surface area contributed by atoms with E-state index in [9.17, 15) is 0 Å². The van der Waals surface area contributed by atoms with Gasteiger partial charge in [0.2, 0.25) is 6.71 Å². The Balaban J connectivity index is 1.73. The first kappa shape index (κ1) is 18.2. The van der Waals surface area contributed by atoms with Crippen molar-refractivity contribution in [2.24, 2.45) is 0 Å². The lowest BCUT2D eigenvalue weighted by Crippen LogP contribution is -2.68. The molecule has 4 heterocycles. The number of rotatable bonds is 0. The van der Waals surface area contributed by atoms with Gasteiger partial charge in [0.05, 0.1) is 5.52 Å². The minimum Gasteiger partial charge on any atom is -0.310 e. The third-order valence-electron chi connectivity index (χ3n) is 9.16. The average molecular weight is 423 g/mol. The second-order valence-corrected chi connectivity index (χ2v) is 11.4. The number of hydrogen-bond donors (Lipinski definition) is 0. The van der Waals surface area contributed by atoms with Crippen LogP contribution in [0.15, 0.2) is 66.7 Å². The summed E-state index contributed by atoms with van der Waals surface area (Å²) in [7, 11) is 0. The Hall–Kier alpha value is -3.26. The van der Waals surface area contributed by atoms with Crippen LogP contribution in [0, 0.1) is 6.92 Å². The molecule has 8 rings (SSSR count).